The molecule has 86 valence electrons. The Hall–Kier alpha value is -1.18. The van der Waals surface area contributed by atoms with Gasteiger partial charge in [-0.05, 0) is 30.9 Å². The topological polar surface area (TPSA) is 0 Å². The van der Waals surface area contributed by atoms with Crippen molar-refractivity contribution in [2.24, 2.45) is 0 Å². The molecule has 2 rings (SSSR count). The molecular formula is C14H16F2. The minimum absolute atomic E-state index is 0.283. The SMILES string of the molecule is C[C@]1(c2ccc(F)cc2F)C=CCCCC1. The van der Waals surface area contributed by atoms with E-state index < -0.39 is 11.6 Å². The lowest BCUT2D eigenvalue weighted by atomic mass is 9.78. The largest absolute Gasteiger partial charge is 0.207 e. The fourth-order valence-electron chi connectivity index (χ4n) is 2.36. The Morgan fingerprint density at radius 1 is 1.19 bits per heavy atom. The second kappa shape index (κ2) is 4.36. The van der Waals surface area contributed by atoms with E-state index >= 15 is 0 Å². The van der Waals surface area contributed by atoms with E-state index in [0.29, 0.717) is 5.56 Å². The first-order valence-corrected chi connectivity index (χ1v) is 5.75. The summed E-state index contributed by atoms with van der Waals surface area (Å²) in [6, 6.07) is 3.88. The Morgan fingerprint density at radius 3 is 2.75 bits per heavy atom. The predicted octanol–water partition coefficient (Wildman–Crippen LogP) is 4.35. The highest BCUT2D eigenvalue weighted by Crippen LogP contribution is 2.35. The van der Waals surface area contributed by atoms with E-state index in [1.165, 1.54) is 6.07 Å². The molecule has 1 aliphatic rings. The molecule has 0 saturated heterocycles. The van der Waals surface area contributed by atoms with Crippen molar-refractivity contribution in [2.75, 3.05) is 0 Å². The van der Waals surface area contributed by atoms with E-state index in [2.05, 4.69) is 12.2 Å². The van der Waals surface area contributed by atoms with Crippen molar-refractivity contribution in [2.45, 2.75) is 38.0 Å². The van der Waals surface area contributed by atoms with Gasteiger partial charge in [0.2, 0.25) is 0 Å². The quantitative estimate of drug-likeness (QED) is 0.619. The summed E-state index contributed by atoms with van der Waals surface area (Å²) >= 11 is 0. The van der Waals surface area contributed by atoms with Crippen LogP contribution in [0.1, 0.15) is 38.2 Å². The summed E-state index contributed by atoms with van der Waals surface area (Å²) < 4.78 is 26.6. The lowest BCUT2D eigenvalue weighted by molar-refractivity contribution is 0.478. The van der Waals surface area contributed by atoms with Crippen molar-refractivity contribution in [1.29, 1.82) is 0 Å². The van der Waals surface area contributed by atoms with Gasteiger partial charge in [0, 0.05) is 11.5 Å². The average molecular weight is 222 g/mol. The van der Waals surface area contributed by atoms with E-state index in [1.54, 1.807) is 6.07 Å². The zero-order valence-corrected chi connectivity index (χ0v) is 9.47. The van der Waals surface area contributed by atoms with Crippen LogP contribution in [0.4, 0.5) is 8.78 Å². The number of halogens is 2. The van der Waals surface area contributed by atoms with Gasteiger partial charge >= 0.3 is 0 Å². The molecule has 0 radical (unpaired) electrons. The number of benzene rings is 1. The molecule has 1 aromatic rings. The Labute approximate surface area is 95.0 Å². The average Bonchev–Trinajstić information content (AvgIpc) is 2.43. The summed E-state index contributed by atoms with van der Waals surface area (Å²) in [6.45, 7) is 2.02. The summed E-state index contributed by atoms with van der Waals surface area (Å²) in [5.74, 6) is -0.948. The van der Waals surface area contributed by atoms with E-state index in [-0.39, 0.29) is 5.41 Å². The van der Waals surface area contributed by atoms with Crippen LogP contribution < -0.4 is 0 Å². The molecule has 16 heavy (non-hydrogen) atoms. The van der Waals surface area contributed by atoms with Crippen LogP contribution >= 0.6 is 0 Å². The summed E-state index contributed by atoms with van der Waals surface area (Å²) in [7, 11) is 0. The number of allylic oxidation sites excluding steroid dienone is 2. The zero-order valence-electron chi connectivity index (χ0n) is 9.47. The molecule has 1 aromatic carbocycles. The molecule has 0 aromatic heterocycles. The van der Waals surface area contributed by atoms with Crippen LogP contribution in [0.25, 0.3) is 0 Å². The number of rotatable bonds is 1. The van der Waals surface area contributed by atoms with Gasteiger partial charge < -0.3 is 0 Å². The second-order valence-electron chi connectivity index (χ2n) is 4.69. The van der Waals surface area contributed by atoms with Gasteiger partial charge in [-0.15, -0.1) is 0 Å². The minimum atomic E-state index is -0.512. The molecule has 2 heteroatoms. The smallest absolute Gasteiger partial charge is 0.130 e. The van der Waals surface area contributed by atoms with Crippen LogP contribution in [0.15, 0.2) is 30.4 Å². The van der Waals surface area contributed by atoms with Crippen LogP contribution in [0.5, 0.6) is 0 Å². The monoisotopic (exact) mass is 222 g/mol. The zero-order chi connectivity index (χ0) is 11.6. The fraction of sp³-hybridized carbons (Fsp3) is 0.429. The van der Waals surface area contributed by atoms with Crippen molar-refractivity contribution in [3.8, 4) is 0 Å². The summed E-state index contributed by atoms with van der Waals surface area (Å²) in [5.41, 5.74) is 0.320. The maximum Gasteiger partial charge on any atom is 0.130 e. The predicted molar refractivity (Wildman–Crippen MR) is 61.3 cm³/mol. The third-order valence-corrected chi connectivity index (χ3v) is 3.35. The Morgan fingerprint density at radius 2 is 2.00 bits per heavy atom. The summed E-state index contributed by atoms with van der Waals surface area (Å²) in [6.07, 6.45) is 8.38. The normalized spacial score (nSPS) is 25.4. The van der Waals surface area contributed by atoms with Crippen LogP contribution in [-0.4, -0.2) is 0 Å². The van der Waals surface area contributed by atoms with E-state index in [9.17, 15) is 8.78 Å². The standard InChI is InChI=1S/C14H16F2/c1-14(8-4-2-3-5-9-14)12-7-6-11(15)10-13(12)16/h4,6-8,10H,2-3,5,9H2,1H3/t14-/m0/s1. The molecule has 0 bridgehead atoms. The van der Waals surface area contributed by atoms with Crippen LogP contribution in [-0.2, 0) is 5.41 Å². The highest BCUT2D eigenvalue weighted by atomic mass is 19.1. The van der Waals surface area contributed by atoms with Gasteiger partial charge in [-0.2, -0.15) is 0 Å². The van der Waals surface area contributed by atoms with Gasteiger partial charge in [0.1, 0.15) is 11.6 Å². The first kappa shape index (κ1) is 11.3. The second-order valence-corrected chi connectivity index (χ2v) is 4.69. The maximum absolute atomic E-state index is 13.7. The molecule has 1 aliphatic carbocycles. The molecule has 0 unspecified atom stereocenters. The molecule has 0 amide bonds. The lowest BCUT2D eigenvalue weighted by Gasteiger charge is -2.26. The van der Waals surface area contributed by atoms with E-state index in [0.717, 1.165) is 31.7 Å². The Kier molecular flexibility index (Phi) is 3.08. The van der Waals surface area contributed by atoms with Crippen LogP contribution in [0.3, 0.4) is 0 Å². The van der Waals surface area contributed by atoms with Gasteiger partial charge in [-0.1, -0.05) is 31.6 Å². The van der Waals surface area contributed by atoms with Gasteiger partial charge in [0.15, 0.2) is 0 Å². The van der Waals surface area contributed by atoms with Crippen LogP contribution in [0, 0.1) is 11.6 Å². The Bertz CT molecular complexity index is 409. The summed E-state index contributed by atoms with van der Waals surface area (Å²) in [5, 5.41) is 0. The lowest BCUT2D eigenvalue weighted by Crippen LogP contribution is -2.20. The Balaban J connectivity index is 2.41. The van der Waals surface area contributed by atoms with E-state index in [1.807, 2.05) is 6.92 Å². The van der Waals surface area contributed by atoms with Crippen molar-refractivity contribution < 1.29 is 8.78 Å². The molecule has 0 saturated carbocycles. The fourth-order valence-corrected chi connectivity index (χ4v) is 2.36. The van der Waals surface area contributed by atoms with Crippen molar-refractivity contribution in [3.05, 3.63) is 47.5 Å². The van der Waals surface area contributed by atoms with Crippen molar-refractivity contribution in [1.82, 2.24) is 0 Å². The first-order chi connectivity index (χ1) is 7.62. The summed E-state index contributed by atoms with van der Waals surface area (Å²) in [4.78, 5) is 0. The van der Waals surface area contributed by atoms with Gasteiger partial charge in [-0.3, -0.25) is 0 Å². The molecule has 0 heterocycles. The van der Waals surface area contributed by atoms with Gasteiger partial charge in [-0.25, -0.2) is 8.78 Å². The molecule has 0 N–H and O–H groups in total. The third-order valence-electron chi connectivity index (χ3n) is 3.35. The van der Waals surface area contributed by atoms with Crippen LogP contribution in [0.2, 0.25) is 0 Å². The molecule has 1 atom stereocenters. The highest BCUT2D eigenvalue weighted by molar-refractivity contribution is 5.32. The number of hydrogen-bond acceptors (Lipinski definition) is 0. The number of hydrogen-bond donors (Lipinski definition) is 0. The van der Waals surface area contributed by atoms with Crippen molar-refractivity contribution in [3.63, 3.8) is 0 Å². The molecule has 0 fully saturated rings. The minimum Gasteiger partial charge on any atom is -0.207 e. The third kappa shape index (κ3) is 2.16. The van der Waals surface area contributed by atoms with Gasteiger partial charge in [0.05, 0.1) is 0 Å². The maximum atomic E-state index is 13.7. The highest BCUT2D eigenvalue weighted by Gasteiger charge is 2.27. The molecule has 0 aliphatic heterocycles. The van der Waals surface area contributed by atoms with E-state index in [4.69, 9.17) is 0 Å². The molecule has 0 spiro atoms. The first-order valence-electron chi connectivity index (χ1n) is 5.75. The molecular weight excluding hydrogens is 206 g/mol. The molecule has 0 nitrogen and oxygen atoms in total. The van der Waals surface area contributed by atoms with Crippen molar-refractivity contribution >= 4 is 0 Å². The van der Waals surface area contributed by atoms with Gasteiger partial charge in [0.25, 0.3) is 0 Å².